The van der Waals surface area contributed by atoms with Gasteiger partial charge in [0.1, 0.15) is 5.60 Å². The molecule has 0 heterocycles. The van der Waals surface area contributed by atoms with Crippen LogP contribution in [-0.4, -0.2) is 24.1 Å². The van der Waals surface area contributed by atoms with E-state index in [1.807, 2.05) is 37.3 Å². The van der Waals surface area contributed by atoms with Gasteiger partial charge in [-0.3, -0.25) is 4.79 Å². The molecule has 122 valence electrons. The molecule has 2 N–H and O–H groups in total. The quantitative estimate of drug-likeness (QED) is 0.878. The molecular formula is C17H26N2O3. The number of carbonyl (C=O) groups excluding carboxylic acids is 2. The maximum absolute atomic E-state index is 12.1. The number of carbonyl (C=O) groups is 2. The zero-order chi connectivity index (χ0) is 16.8. The Kier molecular flexibility index (Phi) is 6.40. The molecule has 0 fully saturated rings. The third-order valence-corrected chi connectivity index (χ3v) is 3.10. The highest BCUT2D eigenvalue weighted by Crippen LogP contribution is 2.23. The summed E-state index contributed by atoms with van der Waals surface area (Å²) in [4.78, 5) is 24.2. The Morgan fingerprint density at radius 3 is 2.27 bits per heavy atom. The van der Waals surface area contributed by atoms with Gasteiger partial charge in [-0.05, 0) is 33.3 Å². The summed E-state index contributed by atoms with van der Waals surface area (Å²) in [7, 11) is 0. The molecule has 0 saturated carbocycles. The average molecular weight is 306 g/mol. The van der Waals surface area contributed by atoms with Gasteiger partial charge in [0.05, 0.1) is 12.0 Å². The Bertz CT molecular complexity index is 494. The Morgan fingerprint density at radius 2 is 1.77 bits per heavy atom. The SMILES string of the molecule is CCNC(=O)[C@@H](C)[C@H](NC(=O)OC(C)(C)C)c1ccccc1. The second-order valence-electron chi connectivity index (χ2n) is 6.22. The van der Waals surface area contributed by atoms with Crippen molar-refractivity contribution in [3.05, 3.63) is 35.9 Å². The topological polar surface area (TPSA) is 67.4 Å². The van der Waals surface area contributed by atoms with Crippen LogP contribution in [0.15, 0.2) is 30.3 Å². The molecule has 0 aliphatic heterocycles. The minimum absolute atomic E-state index is 0.104. The Morgan fingerprint density at radius 1 is 1.18 bits per heavy atom. The first-order chi connectivity index (χ1) is 10.2. The summed E-state index contributed by atoms with van der Waals surface area (Å²) >= 11 is 0. The van der Waals surface area contributed by atoms with Crippen molar-refractivity contribution in [2.75, 3.05) is 6.54 Å². The summed E-state index contributed by atoms with van der Waals surface area (Å²) in [6.45, 7) is 9.62. The van der Waals surface area contributed by atoms with Crippen LogP contribution >= 0.6 is 0 Å². The smallest absolute Gasteiger partial charge is 0.408 e. The van der Waals surface area contributed by atoms with Gasteiger partial charge in [-0.25, -0.2) is 4.79 Å². The van der Waals surface area contributed by atoms with Crippen molar-refractivity contribution in [2.45, 2.75) is 46.3 Å². The van der Waals surface area contributed by atoms with Crippen molar-refractivity contribution in [1.29, 1.82) is 0 Å². The molecule has 2 amide bonds. The number of hydrogen-bond donors (Lipinski definition) is 2. The van der Waals surface area contributed by atoms with Crippen molar-refractivity contribution in [3.8, 4) is 0 Å². The minimum Gasteiger partial charge on any atom is -0.444 e. The third-order valence-electron chi connectivity index (χ3n) is 3.10. The van der Waals surface area contributed by atoms with Crippen molar-refractivity contribution >= 4 is 12.0 Å². The summed E-state index contributed by atoms with van der Waals surface area (Å²) in [5, 5.41) is 5.59. The maximum atomic E-state index is 12.1. The highest BCUT2D eigenvalue weighted by atomic mass is 16.6. The van der Waals surface area contributed by atoms with Gasteiger partial charge in [-0.2, -0.15) is 0 Å². The predicted molar refractivity (Wildman–Crippen MR) is 86.4 cm³/mol. The lowest BCUT2D eigenvalue weighted by atomic mass is 9.94. The number of ether oxygens (including phenoxy) is 1. The minimum atomic E-state index is -0.583. The molecule has 0 saturated heterocycles. The van der Waals surface area contributed by atoms with Crippen LogP contribution in [0.1, 0.15) is 46.2 Å². The van der Waals surface area contributed by atoms with E-state index in [0.29, 0.717) is 6.54 Å². The zero-order valence-corrected chi connectivity index (χ0v) is 14.0. The third kappa shape index (κ3) is 5.76. The molecule has 0 unspecified atom stereocenters. The molecule has 5 nitrogen and oxygen atoms in total. The normalized spacial score (nSPS) is 13.9. The molecule has 0 bridgehead atoms. The van der Waals surface area contributed by atoms with Gasteiger partial charge in [0.25, 0.3) is 0 Å². The fourth-order valence-corrected chi connectivity index (χ4v) is 2.08. The summed E-state index contributed by atoms with van der Waals surface area (Å²) in [5.41, 5.74) is 0.285. The molecule has 1 aromatic rings. The van der Waals surface area contributed by atoms with E-state index in [4.69, 9.17) is 4.74 Å². The number of alkyl carbamates (subject to hydrolysis) is 1. The van der Waals surface area contributed by atoms with Crippen LogP contribution in [0.2, 0.25) is 0 Å². The largest absolute Gasteiger partial charge is 0.444 e. The van der Waals surface area contributed by atoms with Crippen LogP contribution in [0, 0.1) is 5.92 Å². The fraction of sp³-hybridized carbons (Fsp3) is 0.529. The van der Waals surface area contributed by atoms with Crippen LogP contribution in [0.5, 0.6) is 0 Å². The number of benzene rings is 1. The molecule has 2 atom stereocenters. The molecule has 0 spiro atoms. The van der Waals surface area contributed by atoms with Gasteiger partial charge in [0.15, 0.2) is 0 Å². The van der Waals surface area contributed by atoms with Crippen LogP contribution < -0.4 is 10.6 Å². The molecule has 0 radical (unpaired) electrons. The second kappa shape index (κ2) is 7.82. The summed E-state index contributed by atoms with van der Waals surface area (Å²) in [6.07, 6.45) is -0.530. The Labute approximate surface area is 132 Å². The lowest BCUT2D eigenvalue weighted by Crippen LogP contribution is -2.42. The van der Waals surface area contributed by atoms with Crippen LogP contribution in [0.4, 0.5) is 4.79 Å². The van der Waals surface area contributed by atoms with E-state index in [1.165, 1.54) is 0 Å². The molecule has 1 rings (SSSR count). The fourth-order valence-electron chi connectivity index (χ4n) is 2.08. The molecule has 0 aromatic heterocycles. The zero-order valence-electron chi connectivity index (χ0n) is 14.0. The highest BCUT2D eigenvalue weighted by molar-refractivity contribution is 5.80. The molecular weight excluding hydrogens is 280 g/mol. The van der Waals surface area contributed by atoms with Gasteiger partial charge in [-0.15, -0.1) is 0 Å². The molecule has 0 aliphatic carbocycles. The van der Waals surface area contributed by atoms with E-state index in [1.54, 1.807) is 27.7 Å². The number of hydrogen-bond acceptors (Lipinski definition) is 3. The van der Waals surface area contributed by atoms with Crippen molar-refractivity contribution in [1.82, 2.24) is 10.6 Å². The van der Waals surface area contributed by atoms with E-state index in [2.05, 4.69) is 10.6 Å². The molecule has 5 heteroatoms. The van der Waals surface area contributed by atoms with Gasteiger partial charge in [-0.1, -0.05) is 37.3 Å². The van der Waals surface area contributed by atoms with Crippen molar-refractivity contribution < 1.29 is 14.3 Å². The van der Waals surface area contributed by atoms with Crippen LogP contribution in [0.3, 0.4) is 0 Å². The second-order valence-corrected chi connectivity index (χ2v) is 6.22. The lowest BCUT2D eigenvalue weighted by Gasteiger charge is -2.27. The molecule has 22 heavy (non-hydrogen) atoms. The van der Waals surface area contributed by atoms with Gasteiger partial charge >= 0.3 is 6.09 Å². The number of rotatable bonds is 5. The molecule has 1 aromatic carbocycles. The number of amides is 2. The molecule has 0 aliphatic rings. The Hall–Kier alpha value is -2.04. The first-order valence-electron chi connectivity index (χ1n) is 7.56. The summed E-state index contributed by atoms with van der Waals surface area (Å²) < 4.78 is 5.30. The van der Waals surface area contributed by atoms with Crippen molar-refractivity contribution in [3.63, 3.8) is 0 Å². The van der Waals surface area contributed by atoms with Crippen LogP contribution in [0.25, 0.3) is 0 Å². The maximum Gasteiger partial charge on any atom is 0.408 e. The van der Waals surface area contributed by atoms with Crippen molar-refractivity contribution in [2.24, 2.45) is 5.92 Å². The summed E-state index contributed by atoms with van der Waals surface area (Å²) in [6, 6.07) is 8.98. The monoisotopic (exact) mass is 306 g/mol. The standard InChI is InChI=1S/C17H26N2O3/c1-6-18-15(20)12(2)14(13-10-8-7-9-11-13)19-16(21)22-17(3,4)5/h7-12,14H,6H2,1-5H3,(H,18,20)(H,19,21)/t12-,14-/m0/s1. The van der Waals surface area contributed by atoms with Crippen LogP contribution in [-0.2, 0) is 9.53 Å². The van der Waals surface area contributed by atoms with E-state index in [-0.39, 0.29) is 5.91 Å². The van der Waals surface area contributed by atoms with Gasteiger partial charge in [0, 0.05) is 6.54 Å². The Balaban J connectivity index is 2.93. The predicted octanol–water partition coefficient (Wildman–Crippen LogP) is 3.02. The van der Waals surface area contributed by atoms with Gasteiger partial charge in [0.2, 0.25) is 5.91 Å². The first kappa shape index (κ1) is 18.0. The number of nitrogens with one attached hydrogen (secondary N) is 2. The summed E-state index contributed by atoms with van der Waals surface area (Å²) in [5.74, 6) is -0.512. The average Bonchev–Trinajstić information content (AvgIpc) is 2.43. The first-order valence-corrected chi connectivity index (χ1v) is 7.56. The lowest BCUT2D eigenvalue weighted by molar-refractivity contribution is -0.125. The van der Waals surface area contributed by atoms with E-state index >= 15 is 0 Å². The van der Waals surface area contributed by atoms with Gasteiger partial charge < -0.3 is 15.4 Å². The van der Waals surface area contributed by atoms with E-state index < -0.39 is 23.7 Å². The van der Waals surface area contributed by atoms with E-state index in [9.17, 15) is 9.59 Å². The highest BCUT2D eigenvalue weighted by Gasteiger charge is 2.28. The van der Waals surface area contributed by atoms with E-state index in [0.717, 1.165) is 5.56 Å².